The number of fused-ring (bicyclic) bond motifs is 10. The molecule has 0 radical (unpaired) electrons. The van der Waals surface area contributed by atoms with Crippen LogP contribution in [0, 0.1) is 0 Å². The Hall–Kier alpha value is -7.10. The minimum absolute atomic E-state index is 0.557. The van der Waals surface area contributed by atoms with Crippen LogP contribution in [0.5, 0.6) is 11.5 Å². The van der Waals surface area contributed by atoms with Crippen molar-refractivity contribution in [2.75, 3.05) is 0 Å². The van der Waals surface area contributed by atoms with Gasteiger partial charge in [0.05, 0.1) is 16.8 Å². The van der Waals surface area contributed by atoms with E-state index in [2.05, 4.69) is 176 Å². The first-order valence-electron chi connectivity index (χ1n) is 18.4. The Balaban J connectivity index is 1.13. The Kier molecular flexibility index (Phi) is 6.77. The van der Waals surface area contributed by atoms with Crippen molar-refractivity contribution in [3.05, 3.63) is 216 Å². The maximum Gasteiger partial charge on any atom is 0.160 e. The third kappa shape index (κ3) is 4.55. The highest BCUT2D eigenvalue weighted by atomic mass is 16.5. The Bertz CT molecular complexity index is 2880. The molecule has 54 heavy (non-hydrogen) atoms. The van der Waals surface area contributed by atoms with E-state index in [1.54, 1.807) is 0 Å². The molecule has 2 heterocycles. The lowest BCUT2D eigenvalue weighted by Gasteiger charge is -2.39. The molecule has 3 nitrogen and oxygen atoms in total. The fraction of sp³-hybridized carbons (Fsp3) is 0.0196. The average Bonchev–Trinajstić information content (AvgIpc) is 3.53. The fourth-order valence-electron chi connectivity index (χ4n) is 8.80. The second-order valence-corrected chi connectivity index (χ2v) is 14.1. The molecule has 0 N–H and O–H groups in total. The number of benzene rings is 8. The summed E-state index contributed by atoms with van der Waals surface area (Å²) in [6, 6.07) is 68.9. The van der Waals surface area contributed by atoms with Gasteiger partial charge in [-0.25, -0.2) is 9.97 Å². The zero-order chi connectivity index (χ0) is 35.6. The molecule has 1 aromatic heterocycles. The monoisotopic (exact) mass is 688 g/mol. The summed E-state index contributed by atoms with van der Waals surface area (Å²) in [5.74, 6) is 2.45. The molecule has 0 bridgehead atoms. The van der Waals surface area contributed by atoms with Gasteiger partial charge in [-0.3, -0.25) is 0 Å². The molecule has 2 aliphatic rings. The van der Waals surface area contributed by atoms with Gasteiger partial charge in [0.15, 0.2) is 5.82 Å². The molecule has 0 saturated heterocycles. The van der Waals surface area contributed by atoms with Gasteiger partial charge in [-0.1, -0.05) is 164 Å². The van der Waals surface area contributed by atoms with Crippen molar-refractivity contribution in [1.29, 1.82) is 0 Å². The second-order valence-electron chi connectivity index (χ2n) is 14.1. The van der Waals surface area contributed by atoms with Gasteiger partial charge in [0, 0.05) is 27.8 Å². The highest BCUT2D eigenvalue weighted by Gasteiger charge is 2.51. The van der Waals surface area contributed by atoms with Gasteiger partial charge in [-0.2, -0.15) is 0 Å². The summed E-state index contributed by atoms with van der Waals surface area (Å²) in [7, 11) is 0. The standard InChI is InChI=1S/C51H32N2O/c1-2-15-34(16-3-1)50-52-46(36-19-12-18-35(30-36)39-22-13-17-33-14-4-5-20-38(33)39)32-47(53-50)37-28-29-41-40-21-6-7-23-42(40)51(45(41)31-37)43-24-8-10-26-48(43)54-49-27-11-9-25-44(49)51/h1-32H. The second kappa shape index (κ2) is 12.0. The Labute approximate surface area is 313 Å². The van der Waals surface area contributed by atoms with Crippen LogP contribution in [-0.4, -0.2) is 9.97 Å². The van der Waals surface area contributed by atoms with Gasteiger partial charge in [0.25, 0.3) is 0 Å². The molecular formula is C51H32N2O. The van der Waals surface area contributed by atoms with Crippen LogP contribution in [0.1, 0.15) is 22.3 Å². The lowest BCUT2D eigenvalue weighted by Crippen LogP contribution is -2.32. The van der Waals surface area contributed by atoms with E-state index in [9.17, 15) is 0 Å². The number of rotatable bonds is 4. The highest BCUT2D eigenvalue weighted by Crippen LogP contribution is 2.62. The molecule has 0 atom stereocenters. The molecule has 1 aliphatic carbocycles. The molecule has 1 spiro atoms. The first kappa shape index (κ1) is 30.5. The Morgan fingerprint density at radius 1 is 0.352 bits per heavy atom. The average molecular weight is 689 g/mol. The first-order valence-corrected chi connectivity index (χ1v) is 18.4. The van der Waals surface area contributed by atoms with E-state index in [1.165, 1.54) is 38.6 Å². The molecule has 11 rings (SSSR count). The van der Waals surface area contributed by atoms with E-state index in [0.717, 1.165) is 56.3 Å². The molecule has 0 saturated carbocycles. The summed E-state index contributed by atoms with van der Waals surface area (Å²) in [5.41, 5.74) is 13.8. The van der Waals surface area contributed by atoms with Gasteiger partial charge in [-0.05, 0) is 74.5 Å². The van der Waals surface area contributed by atoms with Gasteiger partial charge < -0.3 is 4.74 Å². The Morgan fingerprint density at radius 3 is 1.70 bits per heavy atom. The molecule has 0 unspecified atom stereocenters. The molecule has 252 valence electrons. The minimum Gasteiger partial charge on any atom is -0.457 e. The van der Waals surface area contributed by atoms with Crippen LogP contribution in [0.3, 0.4) is 0 Å². The van der Waals surface area contributed by atoms with Crippen molar-refractivity contribution in [3.63, 3.8) is 0 Å². The van der Waals surface area contributed by atoms with Gasteiger partial charge in [0.2, 0.25) is 0 Å². The van der Waals surface area contributed by atoms with Crippen molar-refractivity contribution in [1.82, 2.24) is 9.97 Å². The van der Waals surface area contributed by atoms with E-state index in [0.29, 0.717) is 5.82 Å². The lowest BCUT2D eigenvalue weighted by atomic mass is 9.66. The van der Waals surface area contributed by atoms with E-state index in [1.807, 2.05) is 18.2 Å². The Morgan fingerprint density at radius 2 is 0.907 bits per heavy atom. The third-order valence-electron chi connectivity index (χ3n) is 11.2. The summed E-state index contributed by atoms with van der Waals surface area (Å²) >= 11 is 0. The molecule has 1 aliphatic heterocycles. The smallest absolute Gasteiger partial charge is 0.160 e. The molecular weight excluding hydrogens is 657 g/mol. The summed E-state index contributed by atoms with van der Waals surface area (Å²) in [6.45, 7) is 0. The number of hydrogen-bond donors (Lipinski definition) is 0. The van der Waals surface area contributed by atoms with Crippen LogP contribution < -0.4 is 4.74 Å². The van der Waals surface area contributed by atoms with Gasteiger partial charge in [-0.15, -0.1) is 0 Å². The van der Waals surface area contributed by atoms with Crippen molar-refractivity contribution in [2.45, 2.75) is 5.41 Å². The SMILES string of the molecule is c1ccc(-c2nc(-c3cccc(-c4cccc5ccccc45)c3)cc(-c3ccc4c(c3)C3(c5ccccc5Oc5ccccc53)c3ccccc3-4)n2)cc1. The predicted molar refractivity (Wildman–Crippen MR) is 219 cm³/mol. The van der Waals surface area contributed by atoms with Crippen molar-refractivity contribution < 1.29 is 4.74 Å². The molecule has 3 heteroatoms. The van der Waals surface area contributed by atoms with Crippen LogP contribution >= 0.6 is 0 Å². The van der Waals surface area contributed by atoms with E-state index < -0.39 is 5.41 Å². The fourth-order valence-corrected chi connectivity index (χ4v) is 8.80. The minimum atomic E-state index is -0.557. The normalized spacial score (nSPS) is 13.1. The summed E-state index contributed by atoms with van der Waals surface area (Å²) in [4.78, 5) is 10.5. The van der Waals surface area contributed by atoms with E-state index in [-0.39, 0.29) is 0 Å². The zero-order valence-electron chi connectivity index (χ0n) is 29.3. The molecule has 0 fully saturated rings. The van der Waals surface area contributed by atoms with Crippen LogP contribution in [0.2, 0.25) is 0 Å². The number of para-hydroxylation sites is 2. The van der Waals surface area contributed by atoms with E-state index in [4.69, 9.17) is 14.7 Å². The third-order valence-corrected chi connectivity index (χ3v) is 11.2. The molecule has 9 aromatic rings. The summed E-state index contributed by atoms with van der Waals surface area (Å²) in [6.07, 6.45) is 0. The summed E-state index contributed by atoms with van der Waals surface area (Å²) in [5, 5.41) is 2.46. The van der Waals surface area contributed by atoms with Crippen molar-refractivity contribution >= 4 is 10.8 Å². The number of hydrogen-bond acceptors (Lipinski definition) is 3. The maximum absolute atomic E-state index is 6.58. The van der Waals surface area contributed by atoms with Gasteiger partial charge in [0.1, 0.15) is 11.5 Å². The van der Waals surface area contributed by atoms with Gasteiger partial charge >= 0.3 is 0 Å². The van der Waals surface area contributed by atoms with Crippen LogP contribution in [0.4, 0.5) is 0 Å². The summed E-state index contributed by atoms with van der Waals surface area (Å²) < 4.78 is 6.58. The van der Waals surface area contributed by atoms with Crippen molar-refractivity contribution in [3.8, 4) is 67.7 Å². The molecule has 8 aromatic carbocycles. The topological polar surface area (TPSA) is 35.0 Å². The lowest BCUT2D eigenvalue weighted by molar-refractivity contribution is 0.436. The van der Waals surface area contributed by atoms with Crippen molar-refractivity contribution in [2.24, 2.45) is 0 Å². The van der Waals surface area contributed by atoms with Crippen LogP contribution in [0.25, 0.3) is 66.9 Å². The maximum atomic E-state index is 6.58. The predicted octanol–water partition coefficient (Wildman–Crippen LogP) is 12.8. The highest BCUT2D eigenvalue weighted by molar-refractivity contribution is 5.97. The number of aromatic nitrogens is 2. The largest absolute Gasteiger partial charge is 0.457 e. The van der Waals surface area contributed by atoms with Crippen LogP contribution in [-0.2, 0) is 5.41 Å². The van der Waals surface area contributed by atoms with E-state index >= 15 is 0 Å². The first-order chi connectivity index (χ1) is 26.8. The number of nitrogens with zero attached hydrogens (tertiary/aromatic N) is 2. The molecule has 0 amide bonds. The van der Waals surface area contributed by atoms with Crippen LogP contribution in [0.15, 0.2) is 194 Å². The quantitative estimate of drug-likeness (QED) is 0.185. The zero-order valence-corrected chi connectivity index (χ0v) is 29.3. The number of ether oxygens (including phenoxy) is 1.